The molecule has 1 N–H and O–H groups in total. The number of anilines is 1. The number of amides is 1. The lowest BCUT2D eigenvalue weighted by Gasteiger charge is -2.03. The fraction of sp³-hybridized carbons (Fsp3) is 0.333. The number of Topliss-reactive ketones (excluding diaryl/α,β-unsaturated/α-hetero) is 1. The molecule has 1 aromatic carbocycles. The largest absolute Gasteiger partial charge is 0.497 e. The number of benzene rings is 1. The SMILES string of the molecule is CCOC(=O)Cc1csc(NC(=O)CCC(=O)c2ccc(OC)cc2)n1. The van der Waals surface area contributed by atoms with E-state index in [0.717, 1.165) is 0 Å². The summed E-state index contributed by atoms with van der Waals surface area (Å²) in [5.41, 5.74) is 1.07. The summed E-state index contributed by atoms with van der Waals surface area (Å²) >= 11 is 1.22. The summed E-state index contributed by atoms with van der Waals surface area (Å²) in [7, 11) is 1.55. The highest BCUT2D eigenvalue weighted by molar-refractivity contribution is 7.13. The Morgan fingerprint density at radius 2 is 1.88 bits per heavy atom. The van der Waals surface area contributed by atoms with Gasteiger partial charge < -0.3 is 14.8 Å². The van der Waals surface area contributed by atoms with E-state index in [2.05, 4.69) is 10.3 Å². The van der Waals surface area contributed by atoms with Gasteiger partial charge in [0.1, 0.15) is 5.75 Å². The van der Waals surface area contributed by atoms with Crippen LogP contribution in [0.4, 0.5) is 5.13 Å². The van der Waals surface area contributed by atoms with E-state index < -0.39 is 0 Å². The quantitative estimate of drug-likeness (QED) is 0.534. The molecule has 1 aromatic heterocycles. The lowest BCUT2D eigenvalue weighted by molar-refractivity contribution is -0.142. The van der Waals surface area contributed by atoms with Gasteiger partial charge >= 0.3 is 5.97 Å². The van der Waals surface area contributed by atoms with Gasteiger partial charge in [-0.25, -0.2) is 4.98 Å². The molecule has 138 valence electrons. The second kappa shape index (κ2) is 9.67. The molecule has 0 spiro atoms. The summed E-state index contributed by atoms with van der Waals surface area (Å²) in [4.78, 5) is 39.6. The minimum atomic E-state index is -0.360. The zero-order valence-electron chi connectivity index (χ0n) is 14.6. The number of methoxy groups -OCH3 is 1. The number of hydrogen-bond acceptors (Lipinski definition) is 7. The van der Waals surface area contributed by atoms with Crippen molar-refractivity contribution in [3.63, 3.8) is 0 Å². The number of nitrogens with one attached hydrogen (secondary N) is 1. The first-order valence-electron chi connectivity index (χ1n) is 8.09. The van der Waals surface area contributed by atoms with Gasteiger partial charge in [-0.15, -0.1) is 11.3 Å². The van der Waals surface area contributed by atoms with Crippen LogP contribution in [-0.2, 0) is 20.7 Å². The average Bonchev–Trinajstić information content (AvgIpc) is 3.06. The van der Waals surface area contributed by atoms with Crippen LogP contribution < -0.4 is 10.1 Å². The summed E-state index contributed by atoms with van der Waals surface area (Å²) < 4.78 is 9.89. The van der Waals surface area contributed by atoms with E-state index in [1.54, 1.807) is 43.7 Å². The van der Waals surface area contributed by atoms with Crippen LogP contribution in [0.25, 0.3) is 0 Å². The van der Waals surface area contributed by atoms with Crippen LogP contribution in [0, 0.1) is 0 Å². The lowest BCUT2D eigenvalue weighted by Crippen LogP contribution is -2.13. The lowest BCUT2D eigenvalue weighted by atomic mass is 10.1. The Kier molecular flexibility index (Phi) is 7.28. The van der Waals surface area contributed by atoms with E-state index in [0.29, 0.717) is 28.7 Å². The van der Waals surface area contributed by atoms with Gasteiger partial charge in [-0.2, -0.15) is 0 Å². The summed E-state index contributed by atoms with van der Waals surface area (Å²) in [5.74, 6) is -0.115. The van der Waals surface area contributed by atoms with Crippen molar-refractivity contribution >= 4 is 34.1 Å². The summed E-state index contributed by atoms with van der Waals surface area (Å²) in [6, 6.07) is 6.74. The molecule has 0 atom stereocenters. The van der Waals surface area contributed by atoms with Crippen LogP contribution in [0.5, 0.6) is 5.75 Å². The van der Waals surface area contributed by atoms with Crippen LogP contribution in [0.3, 0.4) is 0 Å². The highest BCUT2D eigenvalue weighted by Gasteiger charge is 2.13. The Bertz CT molecular complexity index is 770. The number of ketones is 1. The number of aromatic nitrogens is 1. The zero-order valence-corrected chi connectivity index (χ0v) is 15.4. The number of nitrogens with zero attached hydrogens (tertiary/aromatic N) is 1. The molecular weight excluding hydrogens is 356 g/mol. The van der Waals surface area contributed by atoms with Crippen LogP contribution in [0.1, 0.15) is 35.8 Å². The fourth-order valence-corrected chi connectivity index (χ4v) is 2.86. The number of hydrogen-bond donors (Lipinski definition) is 1. The second-order valence-electron chi connectivity index (χ2n) is 5.33. The first-order valence-corrected chi connectivity index (χ1v) is 8.97. The summed E-state index contributed by atoms with van der Waals surface area (Å²) in [6.45, 7) is 2.05. The molecule has 8 heteroatoms. The van der Waals surface area contributed by atoms with Gasteiger partial charge in [-0.3, -0.25) is 14.4 Å². The predicted octanol–water partition coefficient (Wildman–Crippen LogP) is 2.86. The minimum absolute atomic E-state index is 0.0532. The van der Waals surface area contributed by atoms with Gasteiger partial charge in [0, 0.05) is 23.8 Å². The van der Waals surface area contributed by atoms with Gasteiger partial charge in [0.05, 0.1) is 25.8 Å². The molecule has 1 heterocycles. The van der Waals surface area contributed by atoms with Crippen molar-refractivity contribution in [1.29, 1.82) is 0 Å². The third-order valence-electron chi connectivity index (χ3n) is 3.42. The van der Waals surface area contributed by atoms with Crippen molar-refractivity contribution in [2.24, 2.45) is 0 Å². The minimum Gasteiger partial charge on any atom is -0.497 e. The van der Waals surface area contributed by atoms with E-state index in [4.69, 9.17) is 9.47 Å². The van der Waals surface area contributed by atoms with Gasteiger partial charge in [-0.1, -0.05) is 0 Å². The van der Waals surface area contributed by atoms with Crippen LogP contribution in [0.15, 0.2) is 29.6 Å². The van der Waals surface area contributed by atoms with Crippen molar-refractivity contribution in [2.45, 2.75) is 26.2 Å². The van der Waals surface area contributed by atoms with Crippen molar-refractivity contribution in [3.8, 4) is 5.75 Å². The predicted molar refractivity (Wildman–Crippen MR) is 97.6 cm³/mol. The van der Waals surface area contributed by atoms with Crippen molar-refractivity contribution in [1.82, 2.24) is 4.98 Å². The Morgan fingerprint density at radius 1 is 1.15 bits per heavy atom. The monoisotopic (exact) mass is 376 g/mol. The highest BCUT2D eigenvalue weighted by Crippen LogP contribution is 2.17. The molecule has 0 aliphatic carbocycles. The maximum atomic E-state index is 12.1. The molecule has 0 unspecified atom stereocenters. The molecule has 0 fully saturated rings. The number of rotatable bonds is 9. The maximum absolute atomic E-state index is 12.1. The third kappa shape index (κ3) is 5.96. The molecule has 26 heavy (non-hydrogen) atoms. The molecule has 0 aliphatic heterocycles. The van der Waals surface area contributed by atoms with Crippen LogP contribution in [-0.4, -0.2) is 36.4 Å². The Labute approximate surface area is 155 Å². The number of carbonyl (C=O) groups is 3. The van der Waals surface area contributed by atoms with Gasteiger partial charge in [-0.05, 0) is 31.2 Å². The van der Waals surface area contributed by atoms with Crippen molar-refractivity contribution in [3.05, 3.63) is 40.9 Å². The maximum Gasteiger partial charge on any atom is 0.311 e. The molecule has 0 radical (unpaired) electrons. The second-order valence-corrected chi connectivity index (χ2v) is 6.18. The topological polar surface area (TPSA) is 94.6 Å². The summed E-state index contributed by atoms with van der Waals surface area (Å²) in [6.07, 6.45) is 0.215. The van der Waals surface area contributed by atoms with Crippen molar-refractivity contribution in [2.75, 3.05) is 19.0 Å². The number of thiazole rings is 1. The van der Waals surface area contributed by atoms with Gasteiger partial charge in [0.25, 0.3) is 0 Å². The third-order valence-corrected chi connectivity index (χ3v) is 4.23. The smallest absolute Gasteiger partial charge is 0.311 e. The summed E-state index contributed by atoms with van der Waals surface area (Å²) in [5, 5.41) is 4.72. The van der Waals surface area contributed by atoms with E-state index in [1.165, 1.54) is 11.3 Å². The first-order chi connectivity index (χ1) is 12.5. The normalized spacial score (nSPS) is 10.2. The number of ether oxygens (including phenoxy) is 2. The molecule has 7 nitrogen and oxygen atoms in total. The Hall–Kier alpha value is -2.74. The Morgan fingerprint density at radius 3 is 2.54 bits per heavy atom. The molecule has 0 aliphatic rings. The molecule has 0 saturated heterocycles. The van der Waals surface area contributed by atoms with Gasteiger partial charge in [0.2, 0.25) is 5.91 Å². The van der Waals surface area contributed by atoms with E-state index in [1.807, 2.05) is 0 Å². The van der Waals surface area contributed by atoms with E-state index >= 15 is 0 Å². The number of carbonyl (C=O) groups excluding carboxylic acids is 3. The number of esters is 1. The average molecular weight is 376 g/mol. The molecule has 2 aromatic rings. The van der Waals surface area contributed by atoms with Crippen molar-refractivity contribution < 1.29 is 23.9 Å². The van der Waals surface area contributed by atoms with E-state index in [9.17, 15) is 14.4 Å². The van der Waals surface area contributed by atoms with E-state index in [-0.39, 0.29) is 36.9 Å². The van der Waals surface area contributed by atoms with Crippen LogP contribution in [0.2, 0.25) is 0 Å². The first kappa shape index (κ1) is 19.6. The van der Waals surface area contributed by atoms with Crippen LogP contribution >= 0.6 is 11.3 Å². The standard InChI is InChI=1S/C18H20N2O5S/c1-3-25-17(23)10-13-11-26-18(19-13)20-16(22)9-8-15(21)12-4-6-14(24-2)7-5-12/h4-7,11H,3,8-10H2,1-2H3,(H,19,20,22). The molecular formula is C18H20N2O5S. The Balaban J connectivity index is 1.80. The van der Waals surface area contributed by atoms with Gasteiger partial charge in [0.15, 0.2) is 10.9 Å². The molecule has 2 rings (SSSR count). The highest BCUT2D eigenvalue weighted by atomic mass is 32.1. The fourth-order valence-electron chi connectivity index (χ4n) is 2.14. The molecule has 0 saturated carbocycles. The molecule has 1 amide bonds. The molecule has 0 bridgehead atoms. The zero-order chi connectivity index (χ0) is 18.9.